The van der Waals surface area contributed by atoms with Gasteiger partial charge in [0.1, 0.15) is 11.4 Å². The molecular formula is C24H25ClN4O3. The van der Waals surface area contributed by atoms with Gasteiger partial charge in [0.05, 0.1) is 31.0 Å². The lowest BCUT2D eigenvalue weighted by molar-refractivity contribution is 0.0600. The van der Waals surface area contributed by atoms with E-state index in [-0.39, 0.29) is 17.9 Å². The monoisotopic (exact) mass is 452 g/mol. The fourth-order valence-corrected chi connectivity index (χ4v) is 4.23. The Labute approximate surface area is 191 Å². The van der Waals surface area contributed by atoms with Gasteiger partial charge in [-0.3, -0.25) is 4.79 Å². The Bertz CT molecular complexity index is 1160. The van der Waals surface area contributed by atoms with E-state index in [9.17, 15) is 9.59 Å². The Morgan fingerprint density at radius 3 is 2.62 bits per heavy atom. The lowest BCUT2D eigenvalue weighted by atomic mass is 10.1. The molecular weight excluding hydrogens is 428 g/mol. The first-order chi connectivity index (χ1) is 15.4. The molecule has 3 aromatic rings. The maximum atomic E-state index is 13.3. The number of aromatic nitrogens is 2. The molecule has 1 amide bonds. The quantitative estimate of drug-likeness (QED) is 0.569. The minimum absolute atomic E-state index is 0.175. The number of hydrogen-bond donors (Lipinski definition) is 1. The van der Waals surface area contributed by atoms with E-state index in [2.05, 4.69) is 15.3 Å². The van der Waals surface area contributed by atoms with E-state index in [4.69, 9.17) is 16.3 Å². The number of benzene rings is 2. The number of nitrogens with one attached hydrogen (secondary N) is 1. The van der Waals surface area contributed by atoms with Crippen molar-refractivity contribution in [2.24, 2.45) is 0 Å². The molecule has 32 heavy (non-hydrogen) atoms. The molecule has 1 aliphatic rings. The number of carbonyl (C=O) groups excluding carboxylic acids is 2. The zero-order valence-electron chi connectivity index (χ0n) is 18.3. The number of ether oxygens (including phenoxy) is 1. The molecule has 8 heteroatoms. The van der Waals surface area contributed by atoms with Gasteiger partial charge in [0.2, 0.25) is 0 Å². The first-order valence-corrected chi connectivity index (χ1v) is 10.8. The number of rotatable bonds is 6. The van der Waals surface area contributed by atoms with Crippen LogP contribution < -0.4 is 10.2 Å². The molecule has 1 aliphatic heterocycles. The highest BCUT2D eigenvalue weighted by atomic mass is 35.5. The molecule has 0 radical (unpaired) electrons. The summed E-state index contributed by atoms with van der Waals surface area (Å²) < 4.78 is 6.63. The average Bonchev–Trinajstić information content (AvgIpc) is 3.31. The number of anilines is 1. The molecule has 7 nitrogen and oxygen atoms in total. The van der Waals surface area contributed by atoms with Gasteiger partial charge in [-0.1, -0.05) is 35.9 Å². The summed E-state index contributed by atoms with van der Waals surface area (Å²) in [6.45, 7) is 5.92. The van der Waals surface area contributed by atoms with E-state index in [1.165, 1.54) is 7.11 Å². The molecule has 4 rings (SSSR count). The molecule has 0 saturated carbocycles. The van der Waals surface area contributed by atoms with Crippen LogP contribution in [0.25, 0.3) is 0 Å². The van der Waals surface area contributed by atoms with Gasteiger partial charge in [0, 0.05) is 18.1 Å². The molecule has 0 bridgehead atoms. The molecule has 2 heterocycles. The van der Waals surface area contributed by atoms with Crippen LogP contribution in [0, 0.1) is 6.92 Å². The summed E-state index contributed by atoms with van der Waals surface area (Å²) in [6.07, 6.45) is 0. The second kappa shape index (κ2) is 9.04. The van der Waals surface area contributed by atoms with Crippen molar-refractivity contribution >= 4 is 29.3 Å². The maximum Gasteiger partial charge on any atom is 0.337 e. The Morgan fingerprint density at radius 1 is 1.19 bits per heavy atom. The molecule has 1 N–H and O–H groups in total. The van der Waals surface area contributed by atoms with Crippen LogP contribution in [0.15, 0.2) is 48.5 Å². The highest BCUT2D eigenvalue weighted by molar-refractivity contribution is 6.30. The van der Waals surface area contributed by atoms with Crippen LogP contribution in [-0.4, -0.2) is 35.3 Å². The standard InChI is InChI=1S/C24H25ClN4O3/c1-15(18-7-9-19(10-8-18)24(31)32-3)26-22(30)21-16(2)27-29-12-11-28(23(21)29)14-17-5-4-6-20(25)13-17/h4-10,13,15H,11-12,14H2,1-3H3,(H,26,30)/t15-/m0/s1. The largest absolute Gasteiger partial charge is 0.465 e. The van der Waals surface area contributed by atoms with E-state index in [1.807, 2.05) is 54.9 Å². The number of esters is 1. The number of amides is 1. The highest BCUT2D eigenvalue weighted by Gasteiger charge is 2.30. The number of nitrogens with zero attached hydrogens (tertiary/aromatic N) is 3. The van der Waals surface area contributed by atoms with Crippen LogP contribution in [0.2, 0.25) is 5.02 Å². The topological polar surface area (TPSA) is 76.5 Å². The van der Waals surface area contributed by atoms with E-state index in [0.717, 1.165) is 30.0 Å². The molecule has 1 aromatic heterocycles. The van der Waals surface area contributed by atoms with Crippen molar-refractivity contribution in [1.29, 1.82) is 0 Å². The third-order valence-electron chi connectivity index (χ3n) is 5.65. The molecule has 166 valence electrons. The van der Waals surface area contributed by atoms with Crippen LogP contribution in [0.1, 0.15) is 50.5 Å². The van der Waals surface area contributed by atoms with Gasteiger partial charge >= 0.3 is 5.97 Å². The average molecular weight is 453 g/mol. The second-order valence-corrected chi connectivity index (χ2v) is 8.30. The summed E-state index contributed by atoms with van der Waals surface area (Å²) in [7, 11) is 1.35. The number of carbonyl (C=O) groups is 2. The fraction of sp³-hybridized carbons (Fsp3) is 0.292. The normalized spacial score (nSPS) is 13.6. The van der Waals surface area contributed by atoms with E-state index >= 15 is 0 Å². The zero-order chi connectivity index (χ0) is 22.8. The van der Waals surface area contributed by atoms with Gasteiger partial charge < -0.3 is 15.0 Å². The third kappa shape index (κ3) is 4.34. The van der Waals surface area contributed by atoms with Crippen molar-refractivity contribution < 1.29 is 14.3 Å². The summed E-state index contributed by atoms with van der Waals surface area (Å²) in [5.41, 5.74) is 3.72. The predicted octanol–water partition coefficient (Wildman–Crippen LogP) is 4.14. The summed E-state index contributed by atoms with van der Waals surface area (Å²) in [5, 5.41) is 8.34. The number of hydrogen-bond acceptors (Lipinski definition) is 5. The molecule has 2 aromatic carbocycles. The van der Waals surface area contributed by atoms with Crippen molar-refractivity contribution in [3.8, 4) is 0 Å². The summed E-state index contributed by atoms with van der Waals surface area (Å²) in [5.74, 6) is 0.263. The van der Waals surface area contributed by atoms with Crippen LogP contribution in [0.3, 0.4) is 0 Å². The molecule has 1 atom stereocenters. The Hall–Kier alpha value is -3.32. The fourth-order valence-electron chi connectivity index (χ4n) is 4.02. The van der Waals surface area contributed by atoms with E-state index < -0.39 is 0 Å². The van der Waals surface area contributed by atoms with E-state index in [1.54, 1.807) is 12.1 Å². The van der Waals surface area contributed by atoms with Gasteiger partial charge in [-0.25, -0.2) is 9.48 Å². The third-order valence-corrected chi connectivity index (χ3v) is 5.89. The molecule has 0 fully saturated rings. The summed E-state index contributed by atoms with van der Waals surface area (Å²) >= 11 is 6.14. The van der Waals surface area contributed by atoms with Gasteiger partial charge in [-0.05, 0) is 49.2 Å². The van der Waals surface area contributed by atoms with Gasteiger partial charge in [-0.2, -0.15) is 5.10 Å². The number of aryl methyl sites for hydroxylation is 1. The smallest absolute Gasteiger partial charge is 0.337 e. The van der Waals surface area contributed by atoms with Gasteiger partial charge in [-0.15, -0.1) is 0 Å². The van der Waals surface area contributed by atoms with Gasteiger partial charge in [0.25, 0.3) is 5.91 Å². The van der Waals surface area contributed by atoms with Crippen molar-refractivity contribution in [3.63, 3.8) is 0 Å². The Morgan fingerprint density at radius 2 is 1.94 bits per heavy atom. The van der Waals surface area contributed by atoms with E-state index in [0.29, 0.717) is 28.4 Å². The van der Waals surface area contributed by atoms with Crippen molar-refractivity contribution in [1.82, 2.24) is 15.1 Å². The lowest BCUT2D eigenvalue weighted by Crippen LogP contribution is -2.29. The molecule has 0 saturated heterocycles. The summed E-state index contributed by atoms with van der Waals surface area (Å²) in [6, 6.07) is 14.5. The molecule has 0 spiro atoms. The Kier molecular flexibility index (Phi) is 6.19. The number of fused-ring (bicyclic) bond motifs is 1. The minimum atomic E-state index is -0.390. The summed E-state index contributed by atoms with van der Waals surface area (Å²) in [4.78, 5) is 27.1. The van der Waals surface area contributed by atoms with Crippen LogP contribution in [0.4, 0.5) is 5.82 Å². The Balaban J connectivity index is 1.53. The first-order valence-electron chi connectivity index (χ1n) is 10.4. The van der Waals surface area contributed by atoms with Gasteiger partial charge in [0.15, 0.2) is 0 Å². The molecule has 0 aliphatic carbocycles. The van der Waals surface area contributed by atoms with Crippen LogP contribution >= 0.6 is 11.6 Å². The SMILES string of the molecule is COC(=O)c1ccc([C@H](C)NC(=O)c2c(C)nn3c2N(Cc2cccc(Cl)c2)CC3)cc1. The van der Waals surface area contributed by atoms with Crippen LogP contribution in [0.5, 0.6) is 0 Å². The van der Waals surface area contributed by atoms with Crippen LogP contribution in [-0.2, 0) is 17.8 Å². The number of methoxy groups -OCH3 is 1. The van der Waals surface area contributed by atoms with Crippen molar-refractivity contribution in [2.75, 3.05) is 18.6 Å². The number of halogens is 1. The highest BCUT2D eigenvalue weighted by Crippen LogP contribution is 2.31. The zero-order valence-corrected chi connectivity index (χ0v) is 19.0. The second-order valence-electron chi connectivity index (χ2n) is 7.87. The first kappa shape index (κ1) is 21.9. The lowest BCUT2D eigenvalue weighted by Gasteiger charge is -2.20. The van der Waals surface area contributed by atoms with Crippen molar-refractivity contribution in [3.05, 3.63) is 81.5 Å². The molecule has 0 unspecified atom stereocenters. The predicted molar refractivity (Wildman–Crippen MR) is 123 cm³/mol. The maximum absolute atomic E-state index is 13.3. The van der Waals surface area contributed by atoms with Crippen molar-refractivity contribution in [2.45, 2.75) is 33.0 Å². The minimum Gasteiger partial charge on any atom is -0.465 e.